The van der Waals surface area contributed by atoms with Crippen molar-refractivity contribution >= 4 is 45.5 Å². The third-order valence-corrected chi connectivity index (χ3v) is 4.62. The highest BCUT2D eigenvalue weighted by Gasteiger charge is 2.11. The fourth-order valence-corrected chi connectivity index (χ4v) is 3.13. The number of carbonyl (C=O) groups excluding carboxylic acids is 1. The third kappa shape index (κ3) is 3.51. The fourth-order valence-electron chi connectivity index (χ4n) is 1.82. The van der Waals surface area contributed by atoms with Crippen LogP contribution in [-0.2, 0) is 11.2 Å². The second kappa shape index (κ2) is 6.40. The standard InChI is InChI=1S/C15H11IN2O2S/c16-11-4-1-2-5-12(11)18-14(19)8-10-9-21-15(17-10)13-6-3-7-20-13/h1-7,9H,8H2,(H,18,19). The maximum atomic E-state index is 12.1. The molecule has 3 aromatic rings. The molecule has 0 bridgehead atoms. The van der Waals surface area contributed by atoms with E-state index in [-0.39, 0.29) is 12.3 Å². The first-order chi connectivity index (χ1) is 10.2. The van der Waals surface area contributed by atoms with Crippen LogP contribution in [-0.4, -0.2) is 10.9 Å². The first-order valence-corrected chi connectivity index (χ1v) is 8.21. The lowest BCUT2D eigenvalue weighted by molar-refractivity contribution is -0.115. The Balaban J connectivity index is 1.67. The largest absolute Gasteiger partial charge is 0.462 e. The van der Waals surface area contributed by atoms with Gasteiger partial charge in [-0.05, 0) is 46.9 Å². The summed E-state index contributed by atoms with van der Waals surface area (Å²) in [5.74, 6) is 0.652. The van der Waals surface area contributed by atoms with Crippen molar-refractivity contribution in [2.24, 2.45) is 0 Å². The zero-order valence-corrected chi connectivity index (χ0v) is 13.8. The molecule has 0 radical (unpaired) electrons. The second-order valence-corrected chi connectivity index (χ2v) is 6.35. The molecule has 2 aromatic heterocycles. The molecule has 1 aromatic carbocycles. The molecule has 6 heteroatoms. The van der Waals surface area contributed by atoms with E-state index in [0.717, 1.165) is 25.7 Å². The summed E-state index contributed by atoms with van der Waals surface area (Å²) in [7, 11) is 0. The lowest BCUT2D eigenvalue weighted by Crippen LogP contribution is -2.15. The van der Waals surface area contributed by atoms with Gasteiger partial charge in [-0.15, -0.1) is 11.3 Å². The molecule has 1 N–H and O–H groups in total. The molecular weight excluding hydrogens is 399 g/mol. The number of thiazole rings is 1. The Bertz CT molecular complexity index is 753. The molecule has 1 amide bonds. The minimum absolute atomic E-state index is 0.0737. The molecule has 0 fully saturated rings. The number of halogens is 1. The lowest BCUT2D eigenvalue weighted by Gasteiger charge is -2.05. The van der Waals surface area contributed by atoms with Crippen molar-refractivity contribution in [3.05, 3.63) is 57.3 Å². The molecule has 0 aliphatic rings. The van der Waals surface area contributed by atoms with Crippen LogP contribution in [0.4, 0.5) is 5.69 Å². The van der Waals surface area contributed by atoms with Gasteiger partial charge in [0.25, 0.3) is 0 Å². The van der Waals surface area contributed by atoms with Crippen LogP contribution >= 0.6 is 33.9 Å². The van der Waals surface area contributed by atoms with Crippen molar-refractivity contribution in [3.8, 4) is 10.8 Å². The Kier molecular flexibility index (Phi) is 4.35. The Morgan fingerprint density at radius 1 is 1.29 bits per heavy atom. The highest BCUT2D eigenvalue weighted by molar-refractivity contribution is 14.1. The zero-order chi connectivity index (χ0) is 14.7. The predicted octanol–water partition coefficient (Wildman–Crippen LogP) is 4.19. The molecule has 3 rings (SSSR count). The molecule has 0 aliphatic carbocycles. The van der Waals surface area contributed by atoms with E-state index in [4.69, 9.17) is 4.42 Å². The van der Waals surface area contributed by atoms with Gasteiger partial charge in [0.2, 0.25) is 5.91 Å². The van der Waals surface area contributed by atoms with E-state index in [1.807, 2.05) is 41.8 Å². The van der Waals surface area contributed by atoms with Gasteiger partial charge in [-0.2, -0.15) is 0 Å². The number of carbonyl (C=O) groups is 1. The summed E-state index contributed by atoms with van der Waals surface area (Å²) in [6.07, 6.45) is 1.86. The van der Waals surface area contributed by atoms with Gasteiger partial charge in [-0.1, -0.05) is 12.1 Å². The van der Waals surface area contributed by atoms with Crippen molar-refractivity contribution in [2.45, 2.75) is 6.42 Å². The Hall–Kier alpha value is -1.67. The molecular formula is C15H11IN2O2S. The zero-order valence-electron chi connectivity index (χ0n) is 10.9. The molecule has 0 saturated heterocycles. The molecule has 21 heavy (non-hydrogen) atoms. The molecule has 0 saturated carbocycles. The summed E-state index contributed by atoms with van der Waals surface area (Å²) in [6, 6.07) is 11.3. The molecule has 0 aliphatic heterocycles. The van der Waals surface area contributed by atoms with E-state index in [1.165, 1.54) is 11.3 Å². The van der Waals surface area contributed by atoms with Gasteiger partial charge >= 0.3 is 0 Å². The van der Waals surface area contributed by atoms with Crippen molar-refractivity contribution in [3.63, 3.8) is 0 Å². The normalized spacial score (nSPS) is 10.5. The Morgan fingerprint density at radius 3 is 2.90 bits per heavy atom. The molecule has 106 valence electrons. The number of nitrogens with zero attached hydrogens (tertiary/aromatic N) is 1. The van der Waals surface area contributed by atoms with Gasteiger partial charge in [0.05, 0.1) is 24.1 Å². The first-order valence-electron chi connectivity index (χ1n) is 6.25. The van der Waals surface area contributed by atoms with E-state index in [1.54, 1.807) is 6.26 Å². The summed E-state index contributed by atoms with van der Waals surface area (Å²) < 4.78 is 6.31. The minimum Gasteiger partial charge on any atom is -0.462 e. The number of amides is 1. The quantitative estimate of drug-likeness (QED) is 0.657. The first kappa shape index (κ1) is 14.3. The van der Waals surface area contributed by atoms with Crippen LogP contribution in [0.3, 0.4) is 0 Å². The molecule has 2 heterocycles. The SMILES string of the molecule is O=C(Cc1csc(-c2ccco2)n1)Nc1ccccc1I. The fraction of sp³-hybridized carbons (Fsp3) is 0.0667. The number of anilines is 1. The van der Waals surface area contributed by atoms with Gasteiger partial charge in [0.1, 0.15) is 0 Å². The maximum Gasteiger partial charge on any atom is 0.230 e. The number of furan rings is 1. The highest BCUT2D eigenvalue weighted by Crippen LogP contribution is 2.24. The number of aromatic nitrogens is 1. The van der Waals surface area contributed by atoms with Crippen LogP contribution in [0.1, 0.15) is 5.69 Å². The average molecular weight is 410 g/mol. The molecule has 4 nitrogen and oxygen atoms in total. The van der Waals surface area contributed by atoms with Crippen molar-refractivity contribution in [1.82, 2.24) is 4.98 Å². The number of hydrogen-bond donors (Lipinski definition) is 1. The minimum atomic E-state index is -0.0737. The van der Waals surface area contributed by atoms with E-state index in [0.29, 0.717) is 0 Å². The summed E-state index contributed by atoms with van der Waals surface area (Å²) in [6.45, 7) is 0. The predicted molar refractivity (Wildman–Crippen MR) is 91.3 cm³/mol. The number of para-hydroxylation sites is 1. The van der Waals surface area contributed by atoms with Crippen LogP contribution in [0.5, 0.6) is 0 Å². The van der Waals surface area contributed by atoms with E-state index < -0.39 is 0 Å². The van der Waals surface area contributed by atoms with Crippen molar-refractivity contribution in [1.29, 1.82) is 0 Å². The van der Waals surface area contributed by atoms with Crippen LogP contribution < -0.4 is 5.32 Å². The van der Waals surface area contributed by atoms with Gasteiger partial charge in [0.15, 0.2) is 10.8 Å². The summed E-state index contributed by atoms with van der Waals surface area (Å²) in [5, 5.41) is 5.57. The summed E-state index contributed by atoms with van der Waals surface area (Å²) in [5.41, 5.74) is 1.57. The summed E-state index contributed by atoms with van der Waals surface area (Å²) in [4.78, 5) is 16.5. The Morgan fingerprint density at radius 2 is 2.14 bits per heavy atom. The van der Waals surface area contributed by atoms with E-state index in [2.05, 4.69) is 32.9 Å². The van der Waals surface area contributed by atoms with Crippen LogP contribution in [0.25, 0.3) is 10.8 Å². The monoisotopic (exact) mass is 410 g/mol. The van der Waals surface area contributed by atoms with E-state index in [9.17, 15) is 4.79 Å². The average Bonchev–Trinajstić information content (AvgIpc) is 3.12. The highest BCUT2D eigenvalue weighted by atomic mass is 127. The van der Waals surface area contributed by atoms with Crippen LogP contribution in [0.2, 0.25) is 0 Å². The van der Waals surface area contributed by atoms with Crippen LogP contribution in [0, 0.1) is 3.57 Å². The molecule has 0 atom stereocenters. The van der Waals surface area contributed by atoms with Crippen molar-refractivity contribution < 1.29 is 9.21 Å². The van der Waals surface area contributed by atoms with Crippen molar-refractivity contribution in [2.75, 3.05) is 5.32 Å². The maximum absolute atomic E-state index is 12.1. The topological polar surface area (TPSA) is 55.1 Å². The number of nitrogens with one attached hydrogen (secondary N) is 1. The molecule has 0 spiro atoms. The smallest absolute Gasteiger partial charge is 0.230 e. The Labute approximate surface area is 139 Å². The van der Waals surface area contributed by atoms with Crippen LogP contribution in [0.15, 0.2) is 52.5 Å². The number of rotatable bonds is 4. The lowest BCUT2D eigenvalue weighted by atomic mass is 10.3. The van der Waals surface area contributed by atoms with Gasteiger partial charge in [-0.25, -0.2) is 4.98 Å². The van der Waals surface area contributed by atoms with Gasteiger partial charge < -0.3 is 9.73 Å². The third-order valence-electron chi connectivity index (χ3n) is 2.77. The van der Waals surface area contributed by atoms with Gasteiger partial charge in [-0.3, -0.25) is 4.79 Å². The van der Waals surface area contributed by atoms with Gasteiger partial charge in [0, 0.05) is 8.95 Å². The molecule has 0 unspecified atom stereocenters. The van der Waals surface area contributed by atoms with E-state index >= 15 is 0 Å². The second-order valence-electron chi connectivity index (χ2n) is 4.33. The summed E-state index contributed by atoms with van der Waals surface area (Å²) >= 11 is 3.67. The number of hydrogen-bond acceptors (Lipinski definition) is 4. The number of benzene rings is 1.